The summed E-state index contributed by atoms with van der Waals surface area (Å²) in [5, 5.41) is 12.9. The summed E-state index contributed by atoms with van der Waals surface area (Å²) in [5.41, 5.74) is 1.24. The molecule has 1 saturated heterocycles. The summed E-state index contributed by atoms with van der Waals surface area (Å²) in [7, 11) is 0. The van der Waals surface area contributed by atoms with Crippen molar-refractivity contribution in [2.75, 3.05) is 13.1 Å². The Morgan fingerprint density at radius 3 is 2.76 bits per heavy atom. The lowest BCUT2D eigenvalue weighted by Gasteiger charge is -2.24. The van der Waals surface area contributed by atoms with Crippen LogP contribution in [-0.4, -0.2) is 41.1 Å². The summed E-state index contributed by atoms with van der Waals surface area (Å²) < 4.78 is 0. The van der Waals surface area contributed by atoms with E-state index in [0.29, 0.717) is 25.4 Å². The summed E-state index contributed by atoms with van der Waals surface area (Å²) in [6, 6.07) is 10.5. The zero-order valence-electron chi connectivity index (χ0n) is 13.0. The van der Waals surface area contributed by atoms with Crippen LogP contribution in [0, 0.1) is 5.92 Å². The highest BCUT2D eigenvalue weighted by Crippen LogP contribution is 2.20. The van der Waals surface area contributed by atoms with Crippen molar-refractivity contribution in [2.24, 2.45) is 5.92 Å². The number of nitrogens with zero attached hydrogens (tertiary/aromatic N) is 1. The third-order valence-electron chi connectivity index (χ3n) is 3.86. The third-order valence-corrected chi connectivity index (χ3v) is 3.86. The number of aliphatic hydroxyl groups excluding tert-OH is 1. The quantitative estimate of drug-likeness (QED) is 0.840. The van der Waals surface area contributed by atoms with Gasteiger partial charge in [0.15, 0.2) is 0 Å². The van der Waals surface area contributed by atoms with Crippen LogP contribution in [0.2, 0.25) is 0 Å². The Labute approximate surface area is 127 Å². The van der Waals surface area contributed by atoms with Crippen LogP contribution in [-0.2, 0) is 11.3 Å². The number of nitrogens with one attached hydrogen (secondary N) is 1. The van der Waals surface area contributed by atoms with E-state index in [-0.39, 0.29) is 18.1 Å². The van der Waals surface area contributed by atoms with Gasteiger partial charge in [0, 0.05) is 32.1 Å². The minimum atomic E-state index is -0.291. The maximum Gasteiger partial charge on any atom is 0.220 e. The van der Waals surface area contributed by atoms with Gasteiger partial charge in [-0.1, -0.05) is 44.2 Å². The molecule has 1 aromatic carbocycles. The first kappa shape index (κ1) is 16.0. The molecule has 1 aliphatic heterocycles. The van der Waals surface area contributed by atoms with E-state index in [1.54, 1.807) is 0 Å². The molecule has 1 amide bonds. The zero-order chi connectivity index (χ0) is 15.2. The molecule has 1 aliphatic rings. The summed E-state index contributed by atoms with van der Waals surface area (Å²) in [6.45, 7) is 6.21. The Hall–Kier alpha value is -1.39. The van der Waals surface area contributed by atoms with Crippen LogP contribution >= 0.6 is 0 Å². The number of hydrogen-bond donors (Lipinski definition) is 2. The van der Waals surface area contributed by atoms with Crippen molar-refractivity contribution in [1.82, 2.24) is 10.2 Å². The van der Waals surface area contributed by atoms with Crippen molar-refractivity contribution >= 4 is 5.91 Å². The summed E-state index contributed by atoms with van der Waals surface area (Å²) >= 11 is 0. The van der Waals surface area contributed by atoms with Crippen LogP contribution in [0.3, 0.4) is 0 Å². The van der Waals surface area contributed by atoms with E-state index >= 15 is 0 Å². The summed E-state index contributed by atoms with van der Waals surface area (Å²) in [6.07, 6.45) is 1.00. The number of β-amino-alcohol motifs (C(OH)–C–C–N with tert-alkyl or cyclic N) is 1. The van der Waals surface area contributed by atoms with Crippen LogP contribution in [0.4, 0.5) is 0 Å². The molecule has 2 unspecified atom stereocenters. The fraction of sp³-hybridized carbons (Fsp3) is 0.588. The first-order valence-corrected chi connectivity index (χ1v) is 7.77. The molecule has 0 radical (unpaired) electrons. The number of benzene rings is 1. The highest BCUT2D eigenvalue weighted by molar-refractivity contribution is 5.76. The molecule has 0 aromatic heterocycles. The van der Waals surface area contributed by atoms with E-state index in [4.69, 9.17) is 0 Å². The number of likely N-dealkylation sites (tertiary alicyclic amines) is 1. The molecule has 0 bridgehead atoms. The van der Waals surface area contributed by atoms with Crippen molar-refractivity contribution in [3.63, 3.8) is 0 Å². The number of amides is 1. The largest absolute Gasteiger partial charge is 0.392 e. The van der Waals surface area contributed by atoms with Gasteiger partial charge in [-0.05, 0) is 17.9 Å². The van der Waals surface area contributed by atoms with E-state index < -0.39 is 0 Å². The van der Waals surface area contributed by atoms with Gasteiger partial charge < -0.3 is 10.4 Å². The van der Waals surface area contributed by atoms with Crippen LogP contribution in [0.5, 0.6) is 0 Å². The first-order valence-electron chi connectivity index (χ1n) is 7.77. The first-order chi connectivity index (χ1) is 10.0. The molecule has 1 aromatic rings. The summed E-state index contributed by atoms with van der Waals surface area (Å²) in [5.74, 6) is 0.477. The molecule has 4 heteroatoms. The van der Waals surface area contributed by atoms with Crippen molar-refractivity contribution in [3.8, 4) is 0 Å². The van der Waals surface area contributed by atoms with Crippen LogP contribution in [0.15, 0.2) is 30.3 Å². The molecular formula is C17H26N2O2. The molecule has 0 saturated carbocycles. The predicted molar refractivity (Wildman–Crippen MR) is 83.7 cm³/mol. The minimum Gasteiger partial charge on any atom is -0.392 e. The van der Waals surface area contributed by atoms with Gasteiger partial charge in [0.1, 0.15) is 0 Å². The maximum absolute atomic E-state index is 11.8. The Balaban J connectivity index is 1.86. The Kier molecular flexibility index (Phi) is 5.76. The average Bonchev–Trinajstić information content (AvgIpc) is 2.77. The predicted octanol–water partition coefficient (Wildman–Crippen LogP) is 1.78. The van der Waals surface area contributed by atoms with Crippen LogP contribution in [0.25, 0.3) is 0 Å². The lowest BCUT2D eigenvalue weighted by molar-refractivity contribution is -0.122. The van der Waals surface area contributed by atoms with Gasteiger partial charge in [-0.3, -0.25) is 9.69 Å². The Morgan fingerprint density at radius 1 is 1.38 bits per heavy atom. The lowest BCUT2D eigenvalue weighted by atomic mass is 10.1. The lowest BCUT2D eigenvalue weighted by Crippen LogP contribution is -2.40. The van der Waals surface area contributed by atoms with Gasteiger partial charge in [0.25, 0.3) is 0 Å². The smallest absolute Gasteiger partial charge is 0.220 e. The van der Waals surface area contributed by atoms with Crippen LogP contribution < -0.4 is 5.32 Å². The Morgan fingerprint density at radius 2 is 2.10 bits per heavy atom. The van der Waals surface area contributed by atoms with Gasteiger partial charge in [0.05, 0.1) is 6.10 Å². The molecule has 21 heavy (non-hydrogen) atoms. The van der Waals surface area contributed by atoms with E-state index in [9.17, 15) is 9.90 Å². The maximum atomic E-state index is 11.8. The van der Waals surface area contributed by atoms with Crippen molar-refractivity contribution in [1.29, 1.82) is 0 Å². The van der Waals surface area contributed by atoms with Gasteiger partial charge in [-0.2, -0.15) is 0 Å². The molecule has 2 N–H and O–H groups in total. The molecule has 0 aliphatic carbocycles. The Bertz CT molecular complexity index is 447. The normalized spacial score (nSPS) is 22.7. The number of carbonyl (C=O) groups is 1. The van der Waals surface area contributed by atoms with E-state index in [1.165, 1.54) is 5.56 Å². The molecule has 1 fully saturated rings. The van der Waals surface area contributed by atoms with Crippen LogP contribution in [0.1, 0.15) is 32.3 Å². The van der Waals surface area contributed by atoms with Crippen molar-refractivity contribution < 1.29 is 9.90 Å². The monoisotopic (exact) mass is 290 g/mol. The van der Waals surface area contributed by atoms with E-state index in [2.05, 4.69) is 22.3 Å². The van der Waals surface area contributed by atoms with Gasteiger partial charge in [-0.15, -0.1) is 0 Å². The standard InChI is InChI=1S/C17H26N2O2/c1-13(2)8-17(21)18-10-15-9-16(20)12-19(15)11-14-6-4-3-5-7-14/h3-7,13,15-16,20H,8-12H2,1-2H3,(H,18,21). The SMILES string of the molecule is CC(C)CC(=O)NCC1CC(O)CN1Cc1ccccc1. The highest BCUT2D eigenvalue weighted by atomic mass is 16.3. The van der Waals surface area contributed by atoms with Gasteiger partial charge >= 0.3 is 0 Å². The molecule has 1 heterocycles. The molecular weight excluding hydrogens is 264 g/mol. The number of aliphatic hydroxyl groups is 1. The number of hydrogen-bond acceptors (Lipinski definition) is 3. The van der Waals surface area contributed by atoms with Gasteiger partial charge in [-0.25, -0.2) is 0 Å². The van der Waals surface area contributed by atoms with E-state index in [0.717, 1.165) is 13.0 Å². The minimum absolute atomic E-state index is 0.103. The zero-order valence-corrected chi connectivity index (χ0v) is 13.0. The van der Waals surface area contributed by atoms with Crippen molar-refractivity contribution in [2.45, 2.75) is 45.4 Å². The number of carbonyl (C=O) groups excluding carboxylic acids is 1. The second kappa shape index (κ2) is 7.57. The number of rotatable bonds is 6. The molecule has 2 atom stereocenters. The van der Waals surface area contributed by atoms with E-state index in [1.807, 2.05) is 32.0 Å². The van der Waals surface area contributed by atoms with Gasteiger partial charge in [0.2, 0.25) is 5.91 Å². The topological polar surface area (TPSA) is 52.6 Å². The molecule has 116 valence electrons. The average molecular weight is 290 g/mol. The second-order valence-electron chi connectivity index (χ2n) is 6.36. The molecule has 4 nitrogen and oxygen atoms in total. The second-order valence-corrected chi connectivity index (χ2v) is 6.36. The highest BCUT2D eigenvalue weighted by Gasteiger charge is 2.30. The summed E-state index contributed by atoms with van der Waals surface area (Å²) in [4.78, 5) is 14.0. The fourth-order valence-electron chi connectivity index (χ4n) is 2.86. The van der Waals surface area contributed by atoms with Crippen molar-refractivity contribution in [3.05, 3.63) is 35.9 Å². The third kappa shape index (κ3) is 5.14. The fourth-order valence-corrected chi connectivity index (χ4v) is 2.86. The molecule has 2 rings (SSSR count). The molecule has 0 spiro atoms.